The minimum Gasteiger partial charge on any atom is -0.271 e. The van der Waals surface area contributed by atoms with Gasteiger partial charge in [-0.05, 0) is 29.1 Å². The van der Waals surface area contributed by atoms with Crippen LogP contribution in [0.25, 0.3) is 10.8 Å². The van der Waals surface area contributed by atoms with E-state index >= 15 is 0 Å². The highest BCUT2D eigenvalue weighted by Gasteiger charge is 2.18. The predicted molar refractivity (Wildman–Crippen MR) is 85.0 cm³/mol. The molecule has 1 heterocycles. The maximum atomic E-state index is 13.6. The van der Waals surface area contributed by atoms with Crippen molar-refractivity contribution in [2.45, 2.75) is 6.04 Å². The summed E-state index contributed by atoms with van der Waals surface area (Å²) >= 11 is 3.45. The third-order valence-corrected chi connectivity index (χ3v) is 4.17. The van der Waals surface area contributed by atoms with Crippen molar-refractivity contribution in [3.05, 3.63) is 76.3 Å². The number of pyridine rings is 1. The van der Waals surface area contributed by atoms with E-state index in [1.165, 1.54) is 12.1 Å². The Labute approximate surface area is 130 Å². The van der Waals surface area contributed by atoms with E-state index in [0.29, 0.717) is 0 Å². The lowest BCUT2D eigenvalue weighted by Gasteiger charge is -2.20. The molecule has 1 atom stereocenters. The summed E-state index contributed by atoms with van der Waals surface area (Å²) in [6, 6.07) is 12.1. The number of rotatable bonds is 3. The van der Waals surface area contributed by atoms with E-state index in [9.17, 15) is 4.39 Å². The normalized spacial score (nSPS) is 12.5. The van der Waals surface area contributed by atoms with Crippen LogP contribution in [0, 0.1) is 5.82 Å². The van der Waals surface area contributed by atoms with Gasteiger partial charge in [0.1, 0.15) is 5.82 Å². The molecule has 2 aromatic carbocycles. The van der Waals surface area contributed by atoms with Gasteiger partial charge in [0.2, 0.25) is 0 Å². The zero-order valence-corrected chi connectivity index (χ0v) is 12.6. The lowest BCUT2D eigenvalue weighted by molar-refractivity contribution is 0.604. The molecule has 0 bridgehead atoms. The fraction of sp³-hybridized carbons (Fsp3) is 0.0625. The second-order valence-corrected chi connectivity index (χ2v) is 5.57. The van der Waals surface area contributed by atoms with Gasteiger partial charge in [0.25, 0.3) is 0 Å². The zero-order chi connectivity index (χ0) is 14.8. The summed E-state index contributed by atoms with van der Waals surface area (Å²) in [6.45, 7) is 0. The van der Waals surface area contributed by atoms with Gasteiger partial charge in [0.15, 0.2) is 0 Å². The number of nitrogens with one attached hydrogen (secondary N) is 1. The minimum atomic E-state index is -0.353. The molecule has 0 radical (unpaired) electrons. The van der Waals surface area contributed by atoms with Gasteiger partial charge in [-0.1, -0.05) is 40.2 Å². The van der Waals surface area contributed by atoms with Gasteiger partial charge in [-0.3, -0.25) is 10.8 Å². The summed E-state index contributed by atoms with van der Waals surface area (Å²) in [5.41, 5.74) is 4.39. The van der Waals surface area contributed by atoms with Gasteiger partial charge in [-0.15, -0.1) is 0 Å². The van der Waals surface area contributed by atoms with Crippen LogP contribution >= 0.6 is 15.9 Å². The van der Waals surface area contributed by atoms with Gasteiger partial charge < -0.3 is 0 Å². The van der Waals surface area contributed by atoms with Crippen molar-refractivity contribution in [1.82, 2.24) is 10.4 Å². The minimum absolute atomic E-state index is 0.304. The SMILES string of the molecule is NNC(c1cc(F)ccc1Br)c1cncc2ccccc12. The number of hydrogen-bond acceptors (Lipinski definition) is 3. The predicted octanol–water partition coefficient (Wildman–Crippen LogP) is 3.69. The third-order valence-electron chi connectivity index (χ3n) is 3.45. The number of halogens is 2. The Morgan fingerprint density at radius 1 is 1.10 bits per heavy atom. The number of nitrogens with zero attached hydrogens (tertiary/aromatic N) is 1. The van der Waals surface area contributed by atoms with Crippen molar-refractivity contribution in [3.8, 4) is 0 Å². The number of hydrogen-bond donors (Lipinski definition) is 2. The molecule has 3 nitrogen and oxygen atoms in total. The van der Waals surface area contributed by atoms with Crippen LogP contribution in [-0.4, -0.2) is 4.98 Å². The first-order valence-corrected chi connectivity index (χ1v) is 7.23. The molecule has 3 N–H and O–H groups in total. The molecule has 3 aromatic rings. The molecule has 0 aliphatic rings. The number of fused-ring (bicyclic) bond motifs is 1. The van der Waals surface area contributed by atoms with Crippen molar-refractivity contribution in [1.29, 1.82) is 0 Å². The van der Waals surface area contributed by atoms with Gasteiger partial charge in [-0.2, -0.15) is 0 Å². The van der Waals surface area contributed by atoms with Crippen molar-refractivity contribution < 1.29 is 4.39 Å². The van der Waals surface area contributed by atoms with Crippen LogP contribution in [0.2, 0.25) is 0 Å². The average Bonchev–Trinajstić information content (AvgIpc) is 2.51. The van der Waals surface area contributed by atoms with E-state index < -0.39 is 0 Å². The van der Waals surface area contributed by atoms with Crippen LogP contribution in [0.3, 0.4) is 0 Å². The van der Waals surface area contributed by atoms with E-state index in [4.69, 9.17) is 5.84 Å². The maximum Gasteiger partial charge on any atom is 0.123 e. The zero-order valence-electron chi connectivity index (χ0n) is 11.1. The monoisotopic (exact) mass is 345 g/mol. The lowest BCUT2D eigenvalue weighted by Crippen LogP contribution is -2.29. The third kappa shape index (κ3) is 2.68. The first kappa shape index (κ1) is 14.1. The molecule has 3 rings (SSSR count). The number of aromatic nitrogens is 1. The fourth-order valence-electron chi connectivity index (χ4n) is 2.45. The van der Waals surface area contributed by atoms with Gasteiger partial charge >= 0.3 is 0 Å². The summed E-state index contributed by atoms with van der Waals surface area (Å²) in [5, 5.41) is 2.05. The standard InChI is InChI=1S/C16H13BrFN3/c17-15-6-5-11(18)7-13(15)16(21-19)14-9-20-8-10-3-1-2-4-12(10)14/h1-9,16,21H,19H2. The topological polar surface area (TPSA) is 50.9 Å². The highest BCUT2D eigenvalue weighted by Crippen LogP contribution is 2.32. The number of nitrogens with two attached hydrogens (primary N) is 1. The molecule has 0 saturated heterocycles. The van der Waals surface area contributed by atoms with Crippen LogP contribution < -0.4 is 11.3 Å². The molecule has 0 saturated carbocycles. The largest absolute Gasteiger partial charge is 0.271 e. The molecule has 0 aliphatic heterocycles. The molecular weight excluding hydrogens is 333 g/mol. The molecule has 0 fully saturated rings. The molecule has 0 aliphatic carbocycles. The van der Waals surface area contributed by atoms with E-state index in [0.717, 1.165) is 26.4 Å². The average molecular weight is 346 g/mol. The Morgan fingerprint density at radius 2 is 1.90 bits per heavy atom. The quantitative estimate of drug-likeness (QED) is 0.562. The van der Waals surface area contributed by atoms with Gasteiger partial charge in [0, 0.05) is 27.8 Å². The van der Waals surface area contributed by atoms with Gasteiger partial charge in [0.05, 0.1) is 6.04 Å². The Kier molecular flexibility index (Phi) is 3.96. The molecular formula is C16H13BrFN3. The van der Waals surface area contributed by atoms with Gasteiger partial charge in [-0.25, -0.2) is 9.82 Å². The second kappa shape index (κ2) is 5.89. The number of hydrazine groups is 1. The Bertz CT molecular complexity index is 786. The number of benzene rings is 2. The molecule has 106 valence electrons. The van der Waals surface area contributed by atoms with Crippen molar-refractivity contribution in [3.63, 3.8) is 0 Å². The van der Waals surface area contributed by atoms with Crippen LogP contribution in [0.4, 0.5) is 4.39 Å². The Balaban J connectivity index is 2.21. The van der Waals surface area contributed by atoms with Crippen molar-refractivity contribution in [2.24, 2.45) is 5.84 Å². The van der Waals surface area contributed by atoms with Crippen molar-refractivity contribution >= 4 is 26.7 Å². The molecule has 21 heavy (non-hydrogen) atoms. The van der Waals surface area contributed by atoms with Crippen LogP contribution in [-0.2, 0) is 0 Å². The highest BCUT2D eigenvalue weighted by molar-refractivity contribution is 9.10. The van der Waals surface area contributed by atoms with E-state index in [1.54, 1.807) is 18.5 Å². The molecule has 0 spiro atoms. The summed E-state index contributed by atoms with van der Waals surface area (Å²) < 4.78 is 14.4. The molecule has 1 aromatic heterocycles. The Hall–Kier alpha value is -1.82. The summed E-state index contributed by atoms with van der Waals surface area (Å²) in [6.07, 6.45) is 3.55. The summed E-state index contributed by atoms with van der Waals surface area (Å²) in [7, 11) is 0. The van der Waals surface area contributed by atoms with Crippen LogP contribution in [0.1, 0.15) is 17.2 Å². The first-order valence-electron chi connectivity index (χ1n) is 6.44. The Morgan fingerprint density at radius 3 is 2.71 bits per heavy atom. The van der Waals surface area contributed by atoms with Crippen LogP contribution in [0.5, 0.6) is 0 Å². The summed E-state index contributed by atoms with van der Waals surface area (Å²) in [5.74, 6) is 5.42. The van der Waals surface area contributed by atoms with E-state index in [1.807, 2.05) is 24.3 Å². The molecule has 0 amide bonds. The lowest BCUT2D eigenvalue weighted by atomic mass is 9.96. The first-order chi connectivity index (χ1) is 10.2. The smallest absolute Gasteiger partial charge is 0.123 e. The molecule has 1 unspecified atom stereocenters. The maximum absolute atomic E-state index is 13.6. The van der Waals surface area contributed by atoms with E-state index in [-0.39, 0.29) is 11.9 Å². The molecule has 5 heteroatoms. The highest BCUT2D eigenvalue weighted by atomic mass is 79.9. The van der Waals surface area contributed by atoms with Crippen molar-refractivity contribution in [2.75, 3.05) is 0 Å². The second-order valence-electron chi connectivity index (χ2n) is 4.72. The summed E-state index contributed by atoms with van der Waals surface area (Å²) in [4.78, 5) is 4.25. The van der Waals surface area contributed by atoms with E-state index in [2.05, 4.69) is 26.3 Å². The fourth-order valence-corrected chi connectivity index (χ4v) is 2.93. The van der Waals surface area contributed by atoms with Crippen LogP contribution in [0.15, 0.2) is 59.3 Å².